The monoisotopic (exact) mass is 507 g/mol. The topological polar surface area (TPSA) is 87.1 Å². The maximum Gasteiger partial charge on any atom is 0.393 e. The van der Waals surface area contributed by atoms with Crippen LogP contribution in [0.4, 0.5) is 35.0 Å². The first-order valence-electron chi connectivity index (χ1n) is 10.6. The molecule has 2 saturated heterocycles. The molecule has 2 atom stereocenters. The van der Waals surface area contributed by atoms with Gasteiger partial charge in [-0.15, -0.1) is 0 Å². The molecule has 2 aliphatic rings. The molecule has 2 aliphatic heterocycles. The van der Waals surface area contributed by atoms with E-state index in [1.165, 1.54) is 24.7 Å². The van der Waals surface area contributed by atoms with Crippen molar-refractivity contribution in [2.24, 2.45) is 0 Å². The zero-order valence-electron chi connectivity index (χ0n) is 18.1. The molecule has 0 aliphatic carbocycles. The lowest BCUT2D eigenvalue weighted by Gasteiger charge is -2.33. The molecule has 1 amide bonds. The molecule has 35 heavy (non-hydrogen) atoms. The van der Waals surface area contributed by atoms with Crippen LogP contribution in [-0.2, 0) is 11.2 Å². The van der Waals surface area contributed by atoms with Crippen molar-refractivity contribution < 1.29 is 22.4 Å². The Bertz CT molecular complexity index is 1340. The first-order valence-corrected chi connectivity index (χ1v) is 11.0. The molecule has 3 aromatic rings. The fourth-order valence-electron chi connectivity index (χ4n) is 4.54. The Morgan fingerprint density at radius 1 is 1.23 bits per heavy atom. The van der Waals surface area contributed by atoms with E-state index in [0.29, 0.717) is 30.1 Å². The average Bonchev–Trinajstić information content (AvgIpc) is 3.44. The van der Waals surface area contributed by atoms with Crippen molar-refractivity contribution in [3.05, 3.63) is 53.7 Å². The van der Waals surface area contributed by atoms with E-state index >= 15 is 0 Å². The van der Waals surface area contributed by atoms with Crippen molar-refractivity contribution in [1.29, 1.82) is 0 Å². The highest BCUT2D eigenvalue weighted by atomic mass is 35.5. The number of aromatic nitrogens is 4. The fourth-order valence-corrected chi connectivity index (χ4v) is 4.77. The predicted octanol–water partition coefficient (Wildman–Crippen LogP) is 4.04. The van der Waals surface area contributed by atoms with Crippen LogP contribution in [0.5, 0.6) is 0 Å². The average molecular weight is 508 g/mol. The largest absolute Gasteiger partial charge is 0.393 e. The van der Waals surface area contributed by atoms with Crippen LogP contribution >= 0.6 is 11.6 Å². The molecular formula is C22H18ClF4N7O. The number of fused-ring (bicyclic) bond motifs is 3. The van der Waals surface area contributed by atoms with E-state index < -0.39 is 23.4 Å². The van der Waals surface area contributed by atoms with E-state index in [4.69, 9.17) is 11.6 Å². The van der Waals surface area contributed by atoms with Crippen LogP contribution in [0.1, 0.15) is 12.0 Å². The van der Waals surface area contributed by atoms with E-state index in [9.17, 15) is 22.4 Å². The first kappa shape index (κ1) is 23.2. The van der Waals surface area contributed by atoms with Crippen LogP contribution < -0.4 is 10.2 Å². The number of nitrogens with one attached hydrogen (secondary N) is 1. The lowest BCUT2D eigenvalue weighted by Crippen LogP contribution is -2.48. The summed E-state index contributed by atoms with van der Waals surface area (Å²) < 4.78 is 53.0. The van der Waals surface area contributed by atoms with Crippen LogP contribution in [-0.4, -0.2) is 62.1 Å². The van der Waals surface area contributed by atoms with Gasteiger partial charge in [0.15, 0.2) is 11.6 Å². The molecule has 8 nitrogen and oxygen atoms in total. The molecule has 182 valence electrons. The summed E-state index contributed by atoms with van der Waals surface area (Å²) in [5.41, 5.74) is 0.167. The van der Waals surface area contributed by atoms with Crippen molar-refractivity contribution >= 4 is 46.0 Å². The van der Waals surface area contributed by atoms with Gasteiger partial charge in [0.2, 0.25) is 11.9 Å². The maximum absolute atomic E-state index is 14.8. The summed E-state index contributed by atoms with van der Waals surface area (Å²) in [7, 11) is 0. The second kappa shape index (κ2) is 8.59. The van der Waals surface area contributed by atoms with Gasteiger partial charge in [-0.25, -0.2) is 24.3 Å². The van der Waals surface area contributed by atoms with E-state index in [-0.39, 0.29) is 35.1 Å². The summed E-state index contributed by atoms with van der Waals surface area (Å²) in [6.45, 7) is 4.62. The minimum atomic E-state index is -4.52. The Morgan fingerprint density at radius 3 is 2.71 bits per heavy atom. The number of carbonyl (C=O) groups is 1. The first-order chi connectivity index (χ1) is 16.6. The third-order valence-electron chi connectivity index (χ3n) is 6.13. The van der Waals surface area contributed by atoms with Crippen LogP contribution in [0.2, 0.25) is 5.02 Å². The molecule has 4 heterocycles. The van der Waals surface area contributed by atoms with Gasteiger partial charge in [0.25, 0.3) is 0 Å². The number of benzene rings is 1. The number of anilines is 3. The van der Waals surface area contributed by atoms with Crippen molar-refractivity contribution in [1.82, 2.24) is 24.8 Å². The number of rotatable bonds is 5. The Hall–Kier alpha value is -3.54. The summed E-state index contributed by atoms with van der Waals surface area (Å²) in [6, 6.07) is 2.35. The van der Waals surface area contributed by atoms with Gasteiger partial charge < -0.3 is 15.1 Å². The number of halogens is 5. The van der Waals surface area contributed by atoms with Gasteiger partial charge in [-0.1, -0.05) is 24.2 Å². The van der Waals surface area contributed by atoms with Gasteiger partial charge in [-0.2, -0.15) is 13.2 Å². The Balaban J connectivity index is 1.43. The van der Waals surface area contributed by atoms with Gasteiger partial charge in [0.05, 0.1) is 35.4 Å². The van der Waals surface area contributed by atoms with Gasteiger partial charge in [-0.3, -0.25) is 4.79 Å². The number of hydrogen-bond donors (Lipinski definition) is 1. The summed E-state index contributed by atoms with van der Waals surface area (Å²) in [5.74, 6) is -0.589. The highest BCUT2D eigenvalue weighted by molar-refractivity contribution is 6.31. The van der Waals surface area contributed by atoms with E-state index in [2.05, 4.69) is 31.8 Å². The van der Waals surface area contributed by atoms with Crippen LogP contribution in [0.3, 0.4) is 0 Å². The third-order valence-corrected chi connectivity index (χ3v) is 6.53. The summed E-state index contributed by atoms with van der Waals surface area (Å²) in [6.07, 6.45) is -1.03. The molecule has 0 spiro atoms. The number of hydrogen-bond acceptors (Lipinski definition) is 7. The number of likely N-dealkylation sites (tertiary alicyclic amines) is 1. The molecule has 5 rings (SSSR count). The van der Waals surface area contributed by atoms with E-state index in [0.717, 1.165) is 12.5 Å². The number of alkyl halides is 3. The number of amides is 1. The van der Waals surface area contributed by atoms with Gasteiger partial charge >= 0.3 is 6.18 Å². The Morgan fingerprint density at radius 2 is 2.03 bits per heavy atom. The lowest BCUT2D eigenvalue weighted by molar-refractivity contribution is -0.128. The van der Waals surface area contributed by atoms with Crippen molar-refractivity contribution in [2.45, 2.75) is 31.1 Å². The molecule has 13 heteroatoms. The van der Waals surface area contributed by atoms with Crippen LogP contribution in [0.15, 0.2) is 37.3 Å². The fraction of sp³-hybridized carbons (Fsp3) is 0.318. The normalized spacial score (nSPS) is 19.5. The number of carbonyl (C=O) groups excluding carboxylic acids is 1. The molecular weight excluding hydrogens is 490 g/mol. The molecule has 2 aromatic heterocycles. The highest BCUT2D eigenvalue weighted by Gasteiger charge is 2.45. The quantitative estimate of drug-likeness (QED) is 0.412. The minimum absolute atomic E-state index is 0.0286. The van der Waals surface area contributed by atoms with Crippen molar-refractivity contribution in [2.75, 3.05) is 23.3 Å². The molecule has 1 N–H and O–H groups in total. The van der Waals surface area contributed by atoms with Crippen molar-refractivity contribution in [3.63, 3.8) is 0 Å². The molecule has 0 saturated carbocycles. The molecule has 1 aromatic carbocycles. The second-order valence-electron chi connectivity index (χ2n) is 8.33. The minimum Gasteiger partial charge on any atom is -0.336 e. The standard InChI is InChI=1S/C22H18ClF4N7O/c1-2-16(35)33-8-13-5-12(33)9-34(13)21-28-7-15-19(32-21)20(30-10-29-15)31-14-4-3-11(6-22(25,26)27)17(23)18(14)24/h2-4,7,10,12-13H,1,5-6,8-9H2,(H,29,30,31)/t12-,13-/m0/s1. The highest BCUT2D eigenvalue weighted by Crippen LogP contribution is 2.35. The van der Waals surface area contributed by atoms with Gasteiger partial charge in [0.1, 0.15) is 17.4 Å². The number of nitrogens with zero attached hydrogens (tertiary/aromatic N) is 6. The summed E-state index contributed by atoms with van der Waals surface area (Å²) in [4.78, 5) is 33.0. The lowest BCUT2D eigenvalue weighted by atomic mass is 10.1. The Kier molecular flexibility index (Phi) is 5.70. The van der Waals surface area contributed by atoms with Crippen LogP contribution in [0.25, 0.3) is 11.0 Å². The molecule has 2 fully saturated rings. The Labute approximate surface area is 201 Å². The SMILES string of the molecule is C=CC(=O)N1C[C@@H]2C[C@H]1CN2c1ncc2ncnc(Nc3ccc(CC(F)(F)F)c(Cl)c3F)c2n1. The second-order valence-corrected chi connectivity index (χ2v) is 8.71. The summed E-state index contributed by atoms with van der Waals surface area (Å²) >= 11 is 5.87. The zero-order valence-corrected chi connectivity index (χ0v) is 18.8. The number of piperazine rings is 1. The zero-order chi connectivity index (χ0) is 24.9. The molecule has 2 bridgehead atoms. The predicted molar refractivity (Wildman–Crippen MR) is 121 cm³/mol. The molecule has 0 radical (unpaired) electrons. The third kappa shape index (κ3) is 4.33. The maximum atomic E-state index is 14.8. The van der Waals surface area contributed by atoms with Gasteiger partial charge in [-0.05, 0) is 24.1 Å². The molecule has 0 unspecified atom stereocenters. The summed E-state index contributed by atoms with van der Waals surface area (Å²) in [5, 5.41) is 2.15. The smallest absolute Gasteiger partial charge is 0.336 e. The van der Waals surface area contributed by atoms with E-state index in [1.54, 1.807) is 4.90 Å². The van der Waals surface area contributed by atoms with Gasteiger partial charge in [0, 0.05) is 13.1 Å². The van der Waals surface area contributed by atoms with E-state index in [1.807, 2.05) is 4.90 Å². The van der Waals surface area contributed by atoms with Crippen LogP contribution in [0, 0.1) is 5.82 Å². The van der Waals surface area contributed by atoms with Crippen molar-refractivity contribution in [3.8, 4) is 0 Å².